The van der Waals surface area contributed by atoms with E-state index in [1.165, 1.54) is 22.6 Å². The lowest BCUT2D eigenvalue weighted by molar-refractivity contribution is -0.917. The average molecular weight is 404 g/mol. The van der Waals surface area contributed by atoms with Crippen LogP contribution in [0, 0.1) is 5.82 Å². The number of hydrogen-bond acceptors (Lipinski definition) is 1. The molecule has 0 unspecified atom stereocenters. The largest absolute Gasteiger partial charge is 0.328 e. The Kier molecular flexibility index (Phi) is 6.00. The van der Waals surface area contributed by atoms with E-state index < -0.39 is 0 Å². The van der Waals surface area contributed by atoms with E-state index in [0.29, 0.717) is 5.56 Å². The molecule has 0 radical (unpaired) electrons. The monoisotopic (exact) mass is 403 g/mol. The van der Waals surface area contributed by atoms with Crippen molar-refractivity contribution in [1.82, 2.24) is 4.90 Å². The Labute approximate surface area is 155 Å². The van der Waals surface area contributed by atoms with Crippen LogP contribution in [0.2, 0.25) is 0 Å². The normalized spacial score (nSPS) is 15.7. The van der Waals surface area contributed by atoms with Crippen LogP contribution >= 0.6 is 15.9 Å². The molecule has 0 bridgehead atoms. The molecule has 2 aromatic rings. The van der Waals surface area contributed by atoms with Gasteiger partial charge in [0.25, 0.3) is 0 Å². The summed E-state index contributed by atoms with van der Waals surface area (Å²) < 4.78 is 14.5. The predicted molar refractivity (Wildman–Crippen MR) is 101 cm³/mol. The van der Waals surface area contributed by atoms with Gasteiger partial charge in [-0.05, 0) is 24.3 Å². The fraction of sp³-hybridized carbons (Fsp3) is 0.250. The molecule has 3 rings (SSSR count). The average Bonchev–Trinajstić information content (AvgIpc) is 2.64. The number of carbonyl (C=O) groups excluding carboxylic acids is 1. The van der Waals surface area contributed by atoms with Gasteiger partial charge in [-0.25, -0.2) is 4.39 Å². The third-order valence-corrected chi connectivity index (χ3v) is 4.94. The molecule has 0 atom stereocenters. The van der Waals surface area contributed by atoms with E-state index in [1.807, 2.05) is 11.0 Å². The van der Waals surface area contributed by atoms with Gasteiger partial charge in [0.2, 0.25) is 5.91 Å². The van der Waals surface area contributed by atoms with Crippen molar-refractivity contribution in [1.29, 1.82) is 0 Å². The summed E-state index contributed by atoms with van der Waals surface area (Å²) in [5.74, 6) is -0.387. The molecule has 1 N–H and O–H groups in total. The topological polar surface area (TPSA) is 24.8 Å². The summed E-state index contributed by atoms with van der Waals surface area (Å²) in [4.78, 5) is 15.6. The molecule has 25 heavy (non-hydrogen) atoms. The van der Waals surface area contributed by atoms with E-state index >= 15 is 0 Å². The standard InChI is InChI=1S/C20H20BrFN2O/c21-18-7-8-19(22)17(14-18)6-9-20(25)24-12-10-23(11-13-24)15-16-4-2-1-3-5-16/h1-9,14H,10-13,15H2/p+1/b9-6+. The van der Waals surface area contributed by atoms with Crippen molar-refractivity contribution < 1.29 is 14.1 Å². The molecule has 5 heteroatoms. The lowest BCUT2D eigenvalue weighted by atomic mass is 10.2. The Morgan fingerprint density at radius 1 is 1.16 bits per heavy atom. The van der Waals surface area contributed by atoms with Crippen molar-refractivity contribution in [2.75, 3.05) is 26.2 Å². The number of halogens is 2. The van der Waals surface area contributed by atoms with Crippen LogP contribution < -0.4 is 4.90 Å². The molecule has 1 amide bonds. The van der Waals surface area contributed by atoms with E-state index in [-0.39, 0.29) is 11.7 Å². The van der Waals surface area contributed by atoms with Crippen LogP contribution in [0.1, 0.15) is 11.1 Å². The smallest absolute Gasteiger partial charge is 0.246 e. The SMILES string of the molecule is O=C(/C=C/c1cc(Br)ccc1F)N1CC[NH+](Cc2ccccc2)CC1. The first-order valence-electron chi connectivity index (χ1n) is 8.41. The Balaban J connectivity index is 1.53. The second kappa shape index (κ2) is 8.41. The zero-order valence-corrected chi connectivity index (χ0v) is 15.5. The van der Waals surface area contributed by atoms with Gasteiger partial charge < -0.3 is 9.80 Å². The van der Waals surface area contributed by atoms with Crippen molar-refractivity contribution in [3.63, 3.8) is 0 Å². The summed E-state index contributed by atoms with van der Waals surface area (Å²) in [5.41, 5.74) is 1.73. The summed E-state index contributed by atoms with van der Waals surface area (Å²) >= 11 is 3.31. The first kappa shape index (κ1) is 17.8. The van der Waals surface area contributed by atoms with Crippen LogP contribution in [0.5, 0.6) is 0 Å². The highest BCUT2D eigenvalue weighted by Gasteiger charge is 2.22. The summed E-state index contributed by atoms with van der Waals surface area (Å²) in [7, 11) is 0. The molecular formula is C20H21BrFN2O+. The van der Waals surface area contributed by atoms with Gasteiger partial charge in [-0.2, -0.15) is 0 Å². The van der Waals surface area contributed by atoms with Gasteiger partial charge in [0, 0.05) is 21.7 Å². The van der Waals surface area contributed by atoms with Crippen LogP contribution in [0.3, 0.4) is 0 Å². The molecule has 1 saturated heterocycles. The molecule has 1 aliphatic rings. The number of nitrogens with zero attached hydrogens (tertiary/aromatic N) is 1. The summed E-state index contributed by atoms with van der Waals surface area (Å²) in [6.45, 7) is 4.31. The Hall–Kier alpha value is -1.98. The minimum atomic E-state index is -0.329. The van der Waals surface area contributed by atoms with Gasteiger partial charge in [-0.1, -0.05) is 46.3 Å². The van der Waals surface area contributed by atoms with E-state index in [1.54, 1.807) is 18.2 Å². The van der Waals surface area contributed by atoms with Gasteiger partial charge in [-0.3, -0.25) is 4.79 Å². The Morgan fingerprint density at radius 2 is 1.88 bits per heavy atom. The number of rotatable bonds is 4. The third-order valence-electron chi connectivity index (χ3n) is 4.44. The van der Waals surface area contributed by atoms with E-state index in [4.69, 9.17) is 0 Å². The quantitative estimate of drug-likeness (QED) is 0.779. The van der Waals surface area contributed by atoms with Crippen LogP contribution in [-0.2, 0) is 11.3 Å². The van der Waals surface area contributed by atoms with Gasteiger partial charge in [0.1, 0.15) is 12.4 Å². The maximum atomic E-state index is 13.7. The zero-order chi connectivity index (χ0) is 17.6. The van der Waals surface area contributed by atoms with Gasteiger partial charge in [-0.15, -0.1) is 0 Å². The first-order chi connectivity index (χ1) is 12.1. The maximum Gasteiger partial charge on any atom is 0.246 e. The number of amides is 1. The zero-order valence-electron chi connectivity index (χ0n) is 13.9. The second-order valence-electron chi connectivity index (χ2n) is 6.24. The van der Waals surface area contributed by atoms with Gasteiger partial charge in [0.05, 0.1) is 26.2 Å². The van der Waals surface area contributed by atoms with E-state index in [2.05, 4.69) is 40.2 Å². The molecule has 0 saturated carbocycles. The summed E-state index contributed by atoms with van der Waals surface area (Å²) in [5, 5.41) is 0. The minimum Gasteiger partial charge on any atom is -0.328 e. The van der Waals surface area contributed by atoms with Gasteiger partial charge >= 0.3 is 0 Å². The molecule has 0 aromatic heterocycles. The van der Waals surface area contributed by atoms with Crippen LogP contribution in [0.25, 0.3) is 6.08 Å². The molecule has 1 heterocycles. The Bertz CT molecular complexity index is 756. The predicted octanol–water partition coefficient (Wildman–Crippen LogP) is 2.53. The van der Waals surface area contributed by atoms with E-state index in [9.17, 15) is 9.18 Å². The molecule has 2 aromatic carbocycles. The summed E-state index contributed by atoms with van der Waals surface area (Å²) in [6.07, 6.45) is 3.01. The molecule has 130 valence electrons. The lowest BCUT2D eigenvalue weighted by Gasteiger charge is -2.31. The molecule has 1 fully saturated rings. The highest BCUT2D eigenvalue weighted by Crippen LogP contribution is 2.16. The molecular weight excluding hydrogens is 383 g/mol. The fourth-order valence-corrected chi connectivity index (χ4v) is 3.39. The second-order valence-corrected chi connectivity index (χ2v) is 7.15. The number of hydrogen-bond donors (Lipinski definition) is 1. The highest BCUT2D eigenvalue weighted by molar-refractivity contribution is 9.10. The van der Waals surface area contributed by atoms with Crippen LogP contribution in [0.4, 0.5) is 4.39 Å². The van der Waals surface area contributed by atoms with Crippen molar-refractivity contribution >= 4 is 27.9 Å². The molecule has 3 nitrogen and oxygen atoms in total. The third kappa shape index (κ3) is 5.00. The minimum absolute atomic E-state index is 0.0573. The number of quaternary nitrogens is 1. The fourth-order valence-electron chi connectivity index (χ4n) is 3.01. The molecule has 0 aliphatic carbocycles. The number of piperazine rings is 1. The molecule has 0 spiro atoms. The lowest BCUT2D eigenvalue weighted by Crippen LogP contribution is -3.13. The number of carbonyl (C=O) groups is 1. The number of nitrogens with one attached hydrogen (secondary N) is 1. The first-order valence-corrected chi connectivity index (χ1v) is 9.20. The van der Waals surface area contributed by atoms with Crippen molar-refractivity contribution in [3.05, 3.63) is 76.0 Å². The maximum absolute atomic E-state index is 13.7. The van der Waals surface area contributed by atoms with Crippen molar-refractivity contribution in [2.24, 2.45) is 0 Å². The van der Waals surface area contributed by atoms with E-state index in [0.717, 1.165) is 37.2 Å². The van der Waals surface area contributed by atoms with Crippen LogP contribution in [-0.4, -0.2) is 37.0 Å². The Morgan fingerprint density at radius 3 is 2.60 bits per heavy atom. The van der Waals surface area contributed by atoms with Crippen LogP contribution in [0.15, 0.2) is 59.1 Å². The summed E-state index contributed by atoms with van der Waals surface area (Å²) in [6, 6.07) is 15.1. The molecule has 1 aliphatic heterocycles. The highest BCUT2D eigenvalue weighted by atomic mass is 79.9. The van der Waals surface area contributed by atoms with Crippen molar-refractivity contribution in [3.8, 4) is 0 Å². The number of benzene rings is 2. The van der Waals surface area contributed by atoms with Crippen molar-refractivity contribution in [2.45, 2.75) is 6.54 Å². The van der Waals surface area contributed by atoms with Gasteiger partial charge in [0.15, 0.2) is 0 Å².